The van der Waals surface area contributed by atoms with Crippen LogP contribution in [-0.4, -0.2) is 23.7 Å². The van der Waals surface area contributed by atoms with E-state index in [9.17, 15) is 0 Å². The van der Waals surface area contributed by atoms with Gasteiger partial charge in [-0.05, 0) is 37.2 Å². The third kappa shape index (κ3) is 1.19. The van der Waals surface area contributed by atoms with E-state index in [0.717, 1.165) is 6.61 Å². The van der Waals surface area contributed by atoms with Crippen LogP contribution in [0, 0.1) is 0 Å². The number of thioether (sulfide) groups is 1. The highest BCUT2D eigenvalue weighted by atomic mass is 32.2. The third-order valence-corrected chi connectivity index (χ3v) is 3.57. The van der Waals surface area contributed by atoms with Crippen molar-refractivity contribution in [1.82, 2.24) is 0 Å². The Bertz CT molecular complexity index is 110. The Balaban J connectivity index is 1.98. The molecule has 0 bridgehead atoms. The number of rotatable bonds is 0. The van der Waals surface area contributed by atoms with Crippen LogP contribution in [0.1, 0.15) is 25.7 Å². The fraction of sp³-hybridized carbons (Fsp3) is 1.00. The van der Waals surface area contributed by atoms with E-state index in [4.69, 9.17) is 4.74 Å². The topological polar surface area (TPSA) is 9.23 Å². The van der Waals surface area contributed by atoms with E-state index in [1.54, 1.807) is 0 Å². The van der Waals surface area contributed by atoms with Crippen LogP contribution in [0.2, 0.25) is 0 Å². The van der Waals surface area contributed by atoms with Crippen molar-refractivity contribution in [2.75, 3.05) is 18.1 Å². The Morgan fingerprint density at radius 3 is 2.50 bits per heavy atom. The molecule has 0 atom stereocenters. The molecule has 2 aliphatic heterocycles. The van der Waals surface area contributed by atoms with Gasteiger partial charge >= 0.3 is 0 Å². The van der Waals surface area contributed by atoms with Gasteiger partial charge in [0.2, 0.25) is 0 Å². The number of hydrogen-bond acceptors (Lipinski definition) is 2. The monoisotopic (exact) mass is 158 g/mol. The van der Waals surface area contributed by atoms with E-state index >= 15 is 0 Å². The molecule has 2 heterocycles. The summed E-state index contributed by atoms with van der Waals surface area (Å²) in [7, 11) is 0. The van der Waals surface area contributed by atoms with Crippen LogP contribution in [0.15, 0.2) is 0 Å². The predicted molar refractivity (Wildman–Crippen MR) is 44.5 cm³/mol. The van der Waals surface area contributed by atoms with Gasteiger partial charge in [0.1, 0.15) is 0 Å². The Morgan fingerprint density at radius 2 is 1.90 bits per heavy atom. The standard InChI is InChI=1S/C8H14OS/c1-2-8(9-5-1)3-6-10-7-4-8/h1-7H2. The molecule has 2 fully saturated rings. The second-order valence-corrected chi connectivity index (χ2v) is 4.47. The molecular formula is C8H14OS. The summed E-state index contributed by atoms with van der Waals surface area (Å²) in [6, 6.07) is 0. The van der Waals surface area contributed by atoms with Crippen molar-refractivity contribution in [3.63, 3.8) is 0 Å². The van der Waals surface area contributed by atoms with Crippen LogP contribution in [0.3, 0.4) is 0 Å². The summed E-state index contributed by atoms with van der Waals surface area (Å²) < 4.78 is 5.77. The van der Waals surface area contributed by atoms with E-state index in [-0.39, 0.29) is 0 Å². The van der Waals surface area contributed by atoms with Crippen LogP contribution in [-0.2, 0) is 4.74 Å². The molecule has 2 aliphatic rings. The average Bonchev–Trinajstić information content (AvgIpc) is 2.39. The maximum absolute atomic E-state index is 5.77. The zero-order valence-corrected chi connectivity index (χ0v) is 7.08. The molecule has 0 unspecified atom stereocenters. The van der Waals surface area contributed by atoms with Crippen LogP contribution in [0.4, 0.5) is 0 Å². The summed E-state index contributed by atoms with van der Waals surface area (Å²) in [5.41, 5.74) is 0.352. The highest BCUT2D eigenvalue weighted by molar-refractivity contribution is 7.99. The van der Waals surface area contributed by atoms with E-state index in [1.807, 2.05) is 0 Å². The molecule has 2 heteroatoms. The van der Waals surface area contributed by atoms with Gasteiger partial charge < -0.3 is 4.74 Å². The van der Waals surface area contributed by atoms with Crippen molar-refractivity contribution in [3.05, 3.63) is 0 Å². The molecule has 1 spiro atoms. The lowest BCUT2D eigenvalue weighted by atomic mass is 9.94. The molecule has 0 aromatic carbocycles. The smallest absolute Gasteiger partial charge is 0.0699 e. The quantitative estimate of drug-likeness (QED) is 0.533. The van der Waals surface area contributed by atoms with Crippen molar-refractivity contribution in [2.45, 2.75) is 31.3 Å². The van der Waals surface area contributed by atoms with Crippen LogP contribution >= 0.6 is 11.8 Å². The van der Waals surface area contributed by atoms with Gasteiger partial charge in [0.25, 0.3) is 0 Å². The molecule has 0 aromatic heterocycles. The Hall–Kier alpha value is 0.310. The number of ether oxygens (including phenoxy) is 1. The molecule has 0 aromatic rings. The molecule has 0 saturated carbocycles. The Kier molecular flexibility index (Phi) is 1.92. The van der Waals surface area contributed by atoms with Gasteiger partial charge in [0, 0.05) is 6.61 Å². The minimum Gasteiger partial charge on any atom is -0.375 e. The average molecular weight is 158 g/mol. The molecular weight excluding hydrogens is 144 g/mol. The minimum atomic E-state index is 0.352. The maximum Gasteiger partial charge on any atom is 0.0699 e. The summed E-state index contributed by atoms with van der Waals surface area (Å²) in [4.78, 5) is 0. The van der Waals surface area contributed by atoms with Gasteiger partial charge in [-0.2, -0.15) is 11.8 Å². The molecule has 58 valence electrons. The molecule has 0 N–H and O–H groups in total. The van der Waals surface area contributed by atoms with Crippen molar-refractivity contribution in [2.24, 2.45) is 0 Å². The SMILES string of the molecule is C1COC2(C1)CCSCC2. The first-order chi connectivity index (χ1) is 4.91. The highest BCUT2D eigenvalue weighted by Crippen LogP contribution is 2.37. The summed E-state index contributed by atoms with van der Waals surface area (Å²) in [6.45, 7) is 1.02. The lowest BCUT2D eigenvalue weighted by Crippen LogP contribution is -2.32. The van der Waals surface area contributed by atoms with Gasteiger partial charge in [-0.3, -0.25) is 0 Å². The van der Waals surface area contributed by atoms with Crippen LogP contribution in [0.5, 0.6) is 0 Å². The molecule has 1 nitrogen and oxygen atoms in total. The third-order valence-electron chi connectivity index (χ3n) is 2.59. The van der Waals surface area contributed by atoms with E-state index in [0.29, 0.717) is 5.60 Å². The molecule has 0 amide bonds. The van der Waals surface area contributed by atoms with Gasteiger partial charge in [-0.1, -0.05) is 0 Å². The van der Waals surface area contributed by atoms with Gasteiger partial charge in [-0.25, -0.2) is 0 Å². The normalized spacial score (nSPS) is 31.2. The largest absolute Gasteiger partial charge is 0.375 e. The summed E-state index contributed by atoms with van der Waals surface area (Å²) in [5, 5.41) is 0. The fourth-order valence-electron chi connectivity index (χ4n) is 1.89. The van der Waals surface area contributed by atoms with Crippen molar-refractivity contribution < 1.29 is 4.74 Å². The first-order valence-corrected chi connectivity index (χ1v) is 5.29. The molecule has 2 rings (SSSR count). The van der Waals surface area contributed by atoms with Gasteiger partial charge in [0.05, 0.1) is 5.60 Å². The van der Waals surface area contributed by atoms with Crippen molar-refractivity contribution in [1.29, 1.82) is 0 Å². The van der Waals surface area contributed by atoms with Crippen LogP contribution < -0.4 is 0 Å². The Morgan fingerprint density at radius 1 is 1.10 bits per heavy atom. The maximum atomic E-state index is 5.77. The highest BCUT2D eigenvalue weighted by Gasteiger charge is 2.36. The lowest BCUT2D eigenvalue weighted by molar-refractivity contribution is -0.00212. The molecule has 2 saturated heterocycles. The summed E-state index contributed by atoms with van der Waals surface area (Å²) >= 11 is 2.08. The first-order valence-electron chi connectivity index (χ1n) is 4.13. The summed E-state index contributed by atoms with van der Waals surface area (Å²) in [6.07, 6.45) is 5.23. The zero-order chi connectivity index (χ0) is 6.86. The second kappa shape index (κ2) is 2.74. The second-order valence-electron chi connectivity index (χ2n) is 3.25. The lowest BCUT2D eigenvalue weighted by Gasteiger charge is -2.31. The van der Waals surface area contributed by atoms with Gasteiger partial charge in [0.15, 0.2) is 0 Å². The molecule has 10 heavy (non-hydrogen) atoms. The first kappa shape index (κ1) is 6.99. The van der Waals surface area contributed by atoms with Crippen molar-refractivity contribution >= 4 is 11.8 Å². The van der Waals surface area contributed by atoms with Gasteiger partial charge in [-0.15, -0.1) is 0 Å². The van der Waals surface area contributed by atoms with Crippen LogP contribution in [0.25, 0.3) is 0 Å². The molecule has 0 aliphatic carbocycles. The number of hydrogen-bond donors (Lipinski definition) is 0. The van der Waals surface area contributed by atoms with Crippen molar-refractivity contribution in [3.8, 4) is 0 Å². The van der Waals surface area contributed by atoms with E-state index in [2.05, 4.69) is 11.8 Å². The van der Waals surface area contributed by atoms with E-state index in [1.165, 1.54) is 37.2 Å². The minimum absolute atomic E-state index is 0.352. The summed E-state index contributed by atoms with van der Waals surface area (Å²) in [5.74, 6) is 2.64. The Labute approximate surface area is 66.5 Å². The molecule has 0 radical (unpaired) electrons. The fourth-order valence-corrected chi connectivity index (χ4v) is 3.13. The zero-order valence-electron chi connectivity index (χ0n) is 6.27. The van der Waals surface area contributed by atoms with E-state index < -0.39 is 0 Å². The predicted octanol–water partition coefficient (Wildman–Crippen LogP) is 2.06.